The van der Waals surface area contributed by atoms with Gasteiger partial charge in [-0.15, -0.1) is 0 Å². The average molecular weight is 187 g/mol. The van der Waals surface area contributed by atoms with Crippen LogP contribution in [-0.2, 0) is 9.47 Å². The fraction of sp³-hybridized carbons (Fsp3) is 1.00. The fourth-order valence-electron chi connectivity index (χ4n) is 1.87. The Balaban J connectivity index is 2.18. The first-order valence-electron chi connectivity index (χ1n) is 5.14. The Morgan fingerprint density at radius 1 is 1.23 bits per heavy atom. The van der Waals surface area contributed by atoms with Crippen molar-refractivity contribution in [1.82, 2.24) is 5.32 Å². The number of nitrogens with one attached hydrogen (secondary N) is 1. The number of hydrogen-bond acceptors (Lipinski definition) is 3. The number of rotatable bonds is 5. The zero-order valence-corrected chi connectivity index (χ0v) is 8.71. The van der Waals surface area contributed by atoms with Crippen LogP contribution in [0.2, 0.25) is 0 Å². The second-order valence-electron chi connectivity index (χ2n) is 3.68. The van der Waals surface area contributed by atoms with Crippen molar-refractivity contribution in [3.05, 3.63) is 0 Å². The molecule has 1 fully saturated rings. The van der Waals surface area contributed by atoms with E-state index in [4.69, 9.17) is 9.47 Å². The Hall–Kier alpha value is -0.120. The maximum Gasteiger partial charge on any atom is 0.131 e. The van der Waals surface area contributed by atoms with Gasteiger partial charge in [0.25, 0.3) is 0 Å². The molecule has 0 amide bonds. The van der Waals surface area contributed by atoms with Crippen LogP contribution >= 0.6 is 0 Å². The number of hydrogen-bond donors (Lipinski definition) is 1. The molecule has 78 valence electrons. The van der Waals surface area contributed by atoms with Crippen LogP contribution in [0.25, 0.3) is 0 Å². The largest absolute Gasteiger partial charge is 0.381 e. The van der Waals surface area contributed by atoms with Crippen molar-refractivity contribution in [3.63, 3.8) is 0 Å². The van der Waals surface area contributed by atoms with Crippen LogP contribution in [0.1, 0.15) is 32.1 Å². The first-order valence-corrected chi connectivity index (χ1v) is 5.14. The lowest BCUT2D eigenvalue weighted by Crippen LogP contribution is -2.43. The zero-order chi connectivity index (χ0) is 9.52. The van der Waals surface area contributed by atoms with Crippen LogP contribution in [0.4, 0.5) is 0 Å². The highest BCUT2D eigenvalue weighted by Gasteiger charge is 2.16. The summed E-state index contributed by atoms with van der Waals surface area (Å²) in [5.41, 5.74) is 0. The van der Waals surface area contributed by atoms with Crippen LogP contribution in [0.5, 0.6) is 0 Å². The molecule has 3 heteroatoms. The van der Waals surface area contributed by atoms with Crippen LogP contribution in [0, 0.1) is 0 Å². The van der Waals surface area contributed by atoms with E-state index in [-0.39, 0.29) is 6.23 Å². The summed E-state index contributed by atoms with van der Waals surface area (Å²) >= 11 is 0. The Kier molecular flexibility index (Phi) is 5.35. The highest BCUT2D eigenvalue weighted by molar-refractivity contribution is 4.73. The minimum absolute atomic E-state index is 0.0631. The molecule has 0 radical (unpaired) electrons. The Morgan fingerprint density at radius 2 is 1.92 bits per heavy atom. The summed E-state index contributed by atoms with van der Waals surface area (Å²) in [4.78, 5) is 0. The van der Waals surface area contributed by atoms with Gasteiger partial charge in [-0.25, -0.2) is 0 Å². The van der Waals surface area contributed by atoms with Gasteiger partial charge in [-0.05, 0) is 12.8 Å². The van der Waals surface area contributed by atoms with E-state index in [9.17, 15) is 0 Å². The summed E-state index contributed by atoms with van der Waals surface area (Å²) in [7, 11) is 3.42. The third-order valence-electron chi connectivity index (χ3n) is 2.63. The molecule has 1 unspecified atom stereocenters. The van der Waals surface area contributed by atoms with E-state index in [1.54, 1.807) is 14.2 Å². The van der Waals surface area contributed by atoms with Gasteiger partial charge < -0.3 is 9.47 Å². The third kappa shape index (κ3) is 4.07. The van der Waals surface area contributed by atoms with E-state index in [1.807, 2.05) is 0 Å². The van der Waals surface area contributed by atoms with Gasteiger partial charge in [-0.2, -0.15) is 0 Å². The van der Waals surface area contributed by atoms with Crippen molar-refractivity contribution in [1.29, 1.82) is 0 Å². The minimum Gasteiger partial charge on any atom is -0.381 e. The second kappa shape index (κ2) is 6.35. The molecule has 0 aliphatic heterocycles. The van der Waals surface area contributed by atoms with Crippen molar-refractivity contribution >= 4 is 0 Å². The molecule has 1 saturated carbocycles. The molecule has 1 rings (SSSR count). The van der Waals surface area contributed by atoms with Crippen LogP contribution in [0.15, 0.2) is 0 Å². The highest BCUT2D eigenvalue weighted by Crippen LogP contribution is 2.17. The quantitative estimate of drug-likeness (QED) is 0.662. The number of methoxy groups -OCH3 is 2. The smallest absolute Gasteiger partial charge is 0.131 e. The van der Waals surface area contributed by atoms with Gasteiger partial charge in [-0.3, -0.25) is 5.32 Å². The van der Waals surface area contributed by atoms with Crippen molar-refractivity contribution in [3.8, 4) is 0 Å². The summed E-state index contributed by atoms with van der Waals surface area (Å²) in [6, 6.07) is 0.633. The van der Waals surface area contributed by atoms with Gasteiger partial charge in [0.15, 0.2) is 0 Å². The van der Waals surface area contributed by atoms with E-state index in [2.05, 4.69) is 5.32 Å². The lowest BCUT2D eigenvalue weighted by atomic mass is 9.95. The van der Waals surface area contributed by atoms with Crippen molar-refractivity contribution in [2.24, 2.45) is 0 Å². The summed E-state index contributed by atoms with van der Waals surface area (Å²) in [6.07, 6.45) is 6.71. The Bertz CT molecular complexity index is 121. The normalized spacial score (nSPS) is 21.7. The maximum atomic E-state index is 5.26. The predicted molar refractivity (Wildman–Crippen MR) is 52.7 cm³/mol. The number of ether oxygens (including phenoxy) is 2. The van der Waals surface area contributed by atoms with E-state index in [0.717, 1.165) is 0 Å². The Morgan fingerprint density at radius 3 is 2.46 bits per heavy atom. The monoisotopic (exact) mass is 187 g/mol. The summed E-state index contributed by atoms with van der Waals surface area (Å²) in [6.45, 7) is 0.632. The summed E-state index contributed by atoms with van der Waals surface area (Å²) in [5.74, 6) is 0. The van der Waals surface area contributed by atoms with E-state index in [1.165, 1.54) is 32.1 Å². The SMILES string of the molecule is COCC(NC1CCCCC1)OC. The second-order valence-corrected chi connectivity index (χ2v) is 3.68. The van der Waals surface area contributed by atoms with Gasteiger partial charge in [0, 0.05) is 20.3 Å². The molecule has 0 aromatic rings. The molecule has 0 aromatic heterocycles. The van der Waals surface area contributed by atoms with Crippen molar-refractivity contribution < 1.29 is 9.47 Å². The summed E-state index contributed by atoms with van der Waals surface area (Å²) < 4.78 is 10.3. The Labute approximate surface area is 80.8 Å². The molecule has 1 aliphatic rings. The minimum atomic E-state index is 0.0631. The van der Waals surface area contributed by atoms with Crippen molar-refractivity contribution in [2.75, 3.05) is 20.8 Å². The molecule has 1 N–H and O–H groups in total. The van der Waals surface area contributed by atoms with E-state index >= 15 is 0 Å². The van der Waals surface area contributed by atoms with Gasteiger partial charge in [0.05, 0.1) is 6.61 Å². The predicted octanol–water partition coefficient (Wildman–Crippen LogP) is 1.53. The molecule has 1 aliphatic carbocycles. The fourth-order valence-corrected chi connectivity index (χ4v) is 1.87. The molecular formula is C10H21NO2. The lowest BCUT2D eigenvalue weighted by Gasteiger charge is -2.27. The highest BCUT2D eigenvalue weighted by atomic mass is 16.5. The molecule has 13 heavy (non-hydrogen) atoms. The van der Waals surface area contributed by atoms with Gasteiger partial charge in [0.2, 0.25) is 0 Å². The maximum absolute atomic E-state index is 5.26. The summed E-state index contributed by atoms with van der Waals surface area (Å²) in [5, 5.41) is 3.46. The first-order chi connectivity index (χ1) is 6.36. The molecular weight excluding hydrogens is 166 g/mol. The zero-order valence-electron chi connectivity index (χ0n) is 8.71. The molecule has 0 spiro atoms. The van der Waals surface area contributed by atoms with Gasteiger partial charge in [0.1, 0.15) is 6.23 Å². The molecule has 0 saturated heterocycles. The van der Waals surface area contributed by atoms with E-state index < -0.39 is 0 Å². The lowest BCUT2D eigenvalue weighted by molar-refractivity contribution is -0.00252. The average Bonchev–Trinajstić information content (AvgIpc) is 2.19. The van der Waals surface area contributed by atoms with Crippen molar-refractivity contribution in [2.45, 2.75) is 44.4 Å². The topological polar surface area (TPSA) is 30.5 Å². The third-order valence-corrected chi connectivity index (χ3v) is 2.63. The molecule has 1 atom stereocenters. The standard InChI is InChI=1S/C10H21NO2/c1-12-8-10(13-2)11-9-6-4-3-5-7-9/h9-11H,3-8H2,1-2H3. The van der Waals surface area contributed by atoms with E-state index in [0.29, 0.717) is 12.6 Å². The molecule has 0 bridgehead atoms. The molecule has 3 nitrogen and oxygen atoms in total. The van der Waals surface area contributed by atoms with Crippen LogP contribution in [-0.4, -0.2) is 33.1 Å². The van der Waals surface area contributed by atoms with Gasteiger partial charge in [-0.1, -0.05) is 19.3 Å². The molecule has 0 aromatic carbocycles. The van der Waals surface area contributed by atoms with Gasteiger partial charge >= 0.3 is 0 Å². The molecule has 0 heterocycles. The van der Waals surface area contributed by atoms with Crippen LogP contribution < -0.4 is 5.32 Å². The van der Waals surface area contributed by atoms with Crippen LogP contribution in [0.3, 0.4) is 0 Å². The first kappa shape index (κ1) is 11.0.